The topological polar surface area (TPSA) is 53.8 Å². The van der Waals surface area contributed by atoms with Gasteiger partial charge in [-0.15, -0.1) is 0 Å². The highest BCUT2D eigenvalue weighted by atomic mass is 32.2. The van der Waals surface area contributed by atoms with Crippen molar-refractivity contribution in [3.05, 3.63) is 23.7 Å². The zero-order valence-corrected chi connectivity index (χ0v) is 13.6. The van der Waals surface area contributed by atoms with E-state index in [-0.39, 0.29) is 17.7 Å². The number of carbonyl (C=O) groups excluding carboxylic acids is 2. The Morgan fingerprint density at radius 2 is 2.05 bits per heavy atom. The van der Waals surface area contributed by atoms with Crippen LogP contribution >= 0.6 is 11.8 Å². The first-order valence-corrected chi connectivity index (χ1v) is 8.27. The third-order valence-electron chi connectivity index (χ3n) is 3.36. The third-order valence-corrected chi connectivity index (χ3v) is 4.32. The van der Waals surface area contributed by atoms with Crippen molar-refractivity contribution in [2.75, 3.05) is 26.4 Å². The van der Waals surface area contributed by atoms with Crippen molar-refractivity contribution in [1.82, 2.24) is 9.80 Å². The molecule has 0 saturated carbocycles. The smallest absolute Gasteiger partial charge is 0.232 e. The fourth-order valence-electron chi connectivity index (χ4n) is 2.31. The van der Waals surface area contributed by atoms with Gasteiger partial charge in [-0.1, -0.05) is 6.92 Å². The van der Waals surface area contributed by atoms with Gasteiger partial charge < -0.3 is 9.32 Å². The van der Waals surface area contributed by atoms with E-state index in [9.17, 15) is 9.59 Å². The summed E-state index contributed by atoms with van der Waals surface area (Å²) in [6.07, 6.45) is 0.357. The second-order valence-corrected chi connectivity index (χ2v) is 6.75. The SMILES string of the molecule is CC1CC(=O)N(CCSCc2ccc(CN(C)C)o2)C1=O. The molecule has 0 aliphatic carbocycles. The van der Waals surface area contributed by atoms with Gasteiger partial charge in [0.2, 0.25) is 11.8 Å². The van der Waals surface area contributed by atoms with Crippen molar-refractivity contribution in [3.8, 4) is 0 Å². The highest BCUT2D eigenvalue weighted by molar-refractivity contribution is 7.98. The molecule has 1 aliphatic rings. The summed E-state index contributed by atoms with van der Waals surface area (Å²) in [5.74, 6) is 3.17. The molecule has 0 aromatic carbocycles. The molecule has 6 heteroatoms. The highest BCUT2D eigenvalue weighted by Crippen LogP contribution is 2.20. The van der Waals surface area contributed by atoms with Crippen molar-refractivity contribution in [3.63, 3.8) is 0 Å². The first kappa shape index (κ1) is 16.1. The average Bonchev–Trinajstić information content (AvgIpc) is 2.93. The summed E-state index contributed by atoms with van der Waals surface area (Å²) >= 11 is 1.68. The molecule has 1 aliphatic heterocycles. The number of nitrogens with zero attached hydrogens (tertiary/aromatic N) is 2. The Balaban J connectivity index is 1.71. The molecule has 2 heterocycles. The van der Waals surface area contributed by atoms with Gasteiger partial charge in [-0.2, -0.15) is 11.8 Å². The maximum Gasteiger partial charge on any atom is 0.232 e. The molecule has 0 radical (unpaired) electrons. The van der Waals surface area contributed by atoms with Crippen LogP contribution in [0.15, 0.2) is 16.5 Å². The standard InChI is InChI=1S/C15H22N2O3S/c1-11-8-14(18)17(15(11)19)6-7-21-10-13-5-4-12(20-13)9-16(2)3/h4-5,11H,6-10H2,1-3H3. The van der Waals surface area contributed by atoms with E-state index in [1.54, 1.807) is 11.8 Å². The van der Waals surface area contributed by atoms with Crippen molar-refractivity contribution >= 4 is 23.6 Å². The molecule has 1 aromatic heterocycles. The molecule has 116 valence electrons. The summed E-state index contributed by atoms with van der Waals surface area (Å²) in [4.78, 5) is 26.8. The Kier molecular flexibility index (Phi) is 5.47. The van der Waals surface area contributed by atoms with E-state index < -0.39 is 0 Å². The van der Waals surface area contributed by atoms with Crippen LogP contribution in [-0.4, -0.2) is 48.0 Å². The Morgan fingerprint density at radius 3 is 2.67 bits per heavy atom. The lowest BCUT2D eigenvalue weighted by Crippen LogP contribution is -2.32. The molecule has 2 rings (SSSR count). The van der Waals surface area contributed by atoms with Gasteiger partial charge in [-0.3, -0.25) is 14.5 Å². The summed E-state index contributed by atoms with van der Waals surface area (Å²) in [7, 11) is 4.00. The summed E-state index contributed by atoms with van der Waals surface area (Å²) in [6, 6.07) is 3.98. The number of hydrogen-bond donors (Lipinski definition) is 0. The minimum absolute atomic E-state index is 0.0353. The van der Waals surface area contributed by atoms with Crippen LogP contribution in [0, 0.1) is 5.92 Å². The average molecular weight is 310 g/mol. The fraction of sp³-hybridized carbons (Fsp3) is 0.600. The van der Waals surface area contributed by atoms with Crippen LogP contribution in [0.4, 0.5) is 0 Å². The molecule has 1 aromatic rings. The first-order valence-electron chi connectivity index (χ1n) is 7.11. The highest BCUT2D eigenvalue weighted by Gasteiger charge is 2.34. The number of amides is 2. The van der Waals surface area contributed by atoms with Crippen LogP contribution < -0.4 is 0 Å². The van der Waals surface area contributed by atoms with E-state index >= 15 is 0 Å². The summed E-state index contributed by atoms with van der Waals surface area (Å²) in [5.41, 5.74) is 0. The molecule has 0 spiro atoms. The number of likely N-dealkylation sites (tertiary alicyclic amines) is 1. The first-order chi connectivity index (χ1) is 9.97. The number of carbonyl (C=O) groups is 2. The molecular weight excluding hydrogens is 288 g/mol. The predicted octanol–water partition coefficient (Wildman–Crippen LogP) is 1.97. The van der Waals surface area contributed by atoms with Gasteiger partial charge in [0.1, 0.15) is 11.5 Å². The number of imide groups is 1. The van der Waals surface area contributed by atoms with E-state index in [4.69, 9.17) is 4.42 Å². The number of thioether (sulfide) groups is 1. The maximum absolute atomic E-state index is 11.8. The lowest BCUT2D eigenvalue weighted by atomic mass is 10.1. The van der Waals surface area contributed by atoms with Gasteiger partial charge in [-0.05, 0) is 26.2 Å². The minimum Gasteiger partial charge on any atom is -0.464 e. The van der Waals surface area contributed by atoms with E-state index in [1.165, 1.54) is 4.90 Å². The van der Waals surface area contributed by atoms with Gasteiger partial charge in [0.05, 0.1) is 12.3 Å². The third kappa shape index (κ3) is 4.35. The summed E-state index contributed by atoms with van der Waals surface area (Å²) < 4.78 is 5.72. The molecule has 1 atom stereocenters. The van der Waals surface area contributed by atoms with Crippen molar-refractivity contribution in [2.45, 2.75) is 25.6 Å². The van der Waals surface area contributed by atoms with E-state index in [0.29, 0.717) is 13.0 Å². The summed E-state index contributed by atoms with van der Waals surface area (Å²) in [6.45, 7) is 3.10. The number of rotatable bonds is 7. The molecule has 0 bridgehead atoms. The van der Waals surface area contributed by atoms with Crippen LogP contribution in [0.2, 0.25) is 0 Å². The minimum atomic E-state index is -0.152. The number of furan rings is 1. The molecule has 1 unspecified atom stereocenters. The Hall–Kier alpha value is -1.27. The van der Waals surface area contributed by atoms with Gasteiger partial charge in [0.15, 0.2) is 0 Å². The zero-order valence-electron chi connectivity index (χ0n) is 12.8. The summed E-state index contributed by atoms with van der Waals surface area (Å²) in [5, 5.41) is 0. The lowest BCUT2D eigenvalue weighted by Gasteiger charge is -2.13. The predicted molar refractivity (Wildman–Crippen MR) is 82.8 cm³/mol. The largest absolute Gasteiger partial charge is 0.464 e. The van der Waals surface area contributed by atoms with E-state index in [1.807, 2.05) is 33.2 Å². The van der Waals surface area contributed by atoms with Crippen molar-refractivity contribution in [1.29, 1.82) is 0 Å². The zero-order chi connectivity index (χ0) is 15.4. The van der Waals surface area contributed by atoms with Crippen molar-refractivity contribution in [2.24, 2.45) is 5.92 Å². The number of hydrogen-bond acceptors (Lipinski definition) is 5. The van der Waals surface area contributed by atoms with E-state index in [0.717, 1.165) is 29.6 Å². The van der Waals surface area contributed by atoms with Crippen LogP contribution in [0.25, 0.3) is 0 Å². The Morgan fingerprint density at radius 1 is 1.33 bits per heavy atom. The molecule has 0 N–H and O–H groups in total. The van der Waals surface area contributed by atoms with Gasteiger partial charge in [0.25, 0.3) is 0 Å². The molecule has 21 heavy (non-hydrogen) atoms. The van der Waals surface area contributed by atoms with Crippen LogP contribution in [0.5, 0.6) is 0 Å². The molecular formula is C15H22N2O3S. The van der Waals surface area contributed by atoms with E-state index in [2.05, 4.69) is 4.90 Å². The Bertz CT molecular complexity index is 513. The van der Waals surface area contributed by atoms with Gasteiger partial charge in [-0.25, -0.2) is 0 Å². The molecule has 1 saturated heterocycles. The quantitative estimate of drug-likeness (QED) is 0.569. The fourth-order valence-corrected chi connectivity index (χ4v) is 3.12. The van der Waals surface area contributed by atoms with Crippen molar-refractivity contribution < 1.29 is 14.0 Å². The normalized spacial score (nSPS) is 19.0. The van der Waals surface area contributed by atoms with Gasteiger partial charge >= 0.3 is 0 Å². The van der Waals surface area contributed by atoms with Crippen LogP contribution in [-0.2, 0) is 21.9 Å². The van der Waals surface area contributed by atoms with Crippen LogP contribution in [0.1, 0.15) is 24.9 Å². The Labute approximate surface area is 129 Å². The van der Waals surface area contributed by atoms with Gasteiger partial charge in [0, 0.05) is 24.6 Å². The molecule has 1 fully saturated rings. The molecule has 2 amide bonds. The second-order valence-electron chi connectivity index (χ2n) is 5.65. The maximum atomic E-state index is 11.8. The van der Waals surface area contributed by atoms with Crippen LogP contribution in [0.3, 0.4) is 0 Å². The molecule has 5 nitrogen and oxygen atoms in total. The second kappa shape index (κ2) is 7.13. The monoisotopic (exact) mass is 310 g/mol. The lowest BCUT2D eigenvalue weighted by molar-refractivity contribution is -0.138.